The van der Waals surface area contributed by atoms with Crippen molar-refractivity contribution in [2.45, 2.75) is 0 Å². The summed E-state index contributed by atoms with van der Waals surface area (Å²) in [5.41, 5.74) is 1.98. The Morgan fingerprint density at radius 3 is 2.81 bits per heavy atom. The maximum absolute atomic E-state index is 11.8. The minimum atomic E-state index is -0.225. The van der Waals surface area contributed by atoms with Gasteiger partial charge in [0, 0.05) is 29.4 Å². The number of halogens is 1. The third-order valence-corrected chi connectivity index (χ3v) is 5.06. The molecule has 3 aromatic rings. The predicted molar refractivity (Wildman–Crippen MR) is 108 cm³/mol. The zero-order chi connectivity index (χ0) is 18.1. The van der Waals surface area contributed by atoms with Crippen LogP contribution in [0.5, 0.6) is 0 Å². The van der Waals surface area contributed by atoms with Crippen LogP contribution in [0.15, 0.2) is 52.0 Å². The van der Waals surface area contributed by atoms with Gasteiger partial charge in [0.05, 0.1) is 15.5 Å². The zero-order valence-corrected chi connectivity index (χ0v) is 15.5. The standard InChI is InChI=1S/C19H9ClN2O2S2/c20-15-4-2-1-3-11(15)5-6-12-9-21-10-13-7-14(24-17(12)13)8-16-18(23)22-19(25)26-16/h1-4,7-10H,(H,22,23,25). The van der Waals surface area contributed by atoms with Gasteiger partial charge >= 0.3 is 0 Å². The van der Waals surface area contributed by atoms with E-state index in [1.165, 1.54) is 11.8 Å². The lowest BCUT2D eigenvalue weighted by Crippen LogP contribution is -2.17. The molecular weight excluding hydrogens is 388 g/mol. The first kappa shape index (κ1) is 16.9. The predicted octanol–water partition coefficient (Wildman–Crippen LogP) is 4.37. The molecule has 0 unspecified atom stereocenters. The molecule has 0 saturated carbocycles. The summed E-state index contributed by atoms with van der Waals surface area (Å²) in [4.78, 5) is 16.5. The van der Waals surface area contributed by atoms with Crippen LogP contribution in [0.25, 0.3) is 17.0 Å². The van der Waals surface area contributed by atoms with Crippen LogP contribution in [0.3, 0.4) is 0 Å². The number of thioether (sulfide) groups is 1. The summed E-state index contributed by atoms with van der Waals surface area (Å²) in [6.07, 6.45) is 4.98. The Morgan fingerprint density at radius 1 is 1.23 bits per heavy atom. The van der Waals surface area contributed by atoms with E-state index in [2.05, 4.69) is 22.1 Å². The van der Waals surface area contributed by atoms with E-state index in [1.807, 2.05) is 24.3 Å². The van der Waals surface area contributed by atoms with Crippen LogP contribution in [0.2, 0.25) is 5.02 Å². The first-order valence-electron chi connectivity index (χ1n) is 7.49. The molecule has 1 aromatic carbocycles. The van der Waals surface area contributed by atoms with Gasteiger partial charge in [-0.3, -0.25) is 9.78 Å². The number of nitrogens with zero attached hydrogens (tertiary/aromatic N) is 1. The summed E-state index contributed by atoms with van der Waals surface area (Å²) in [5, 5.41) is 3.96. The molecule has 0 bridgehead atoms. The maximum atomic E-state index is 11.8. The van der Waals surface area contributed by atoms with E-state index in [9.17, 15) is 4.79 Å². The van der Waals surface area contributed by atoms with E-state index in [4.69, 9.17) is 28.2 Å². The molecule has 1 N–H and O–H groups in total. The second-order valence-electron chi connectivity index (χ2n) is 5.34. The van der Waals surface area contributed by atoms with Crippen LogP contribution in [0.4, 0.5) is 0 Å². The topological polar surface area (TPSA) is 55.1 Å². The molecule has 0 radical (unpaired) electrons. The number of hydrogen-bond acceptors (Lipinski definition) is 5. The monoisotopic (exact) mass is 396 g/mol. The van der Waals surface area contributed by atoms with Crippen molar-refractivity contribution in [3.63, 3.8) is 0 Å². The summed E-state index contributed by atoms with van der Waals surface area (Å²) in [5.74, 6) is 6.40. The highest BCUT2D eigenvalue weighted by Crippen LogP contribution is 2.29. The number of aromatic nitrogens is 1. The fraction of sp³-hybridized carbons (Fsp3) is 0. The SMILES string of the molecule is O=C1NC(=S)SC1=Cc1cc2cncc(C#Cc3ccccc3Cl)c2o1. The number of rotatable bonds is 1. The molecule has 0 atom stereocenters. The molecule has 1 saturated heterocycles. The molecule has 1 fully saturated rings. The Balaban J connectivity index is 1.73. The molecule has 4 rings (SSSR count). The van der Waals surface area contributed by atoms with E-state index in [0.717, 1.165) is 10.9 Å². The van der Waals surface area contributed by atoms with E-state index >= 15 is 0 Å². The highest BCUT2D eigenvalue weighted by atomic mass is 35.5. The van der Waals surface area contributed by atoms with E-state index in [1.54, 1.807) is 24.5 Å². The van der Waals surface area contributed by atoms with Gasteiger partial charge in [0.2, 0.25) is 0 Å². The van der Waals surface area contributed by atoms with Crippen molar-refractivity contribution in [1.82, 2.24) is 10.3 Å². The normalized spacial score (nSPS) is 15.2. The Morgan fingerprint density at radius 2 is 2.04 bits per heavy atom. The van der Waals surface area contributed by atoms with Gasteiger partial charge < -0.3 is 9.73 Å². The lowest BCUT2D eigenvalue weighted by atomic mass is 10.2. The molecule has 126 valence electrons. The van der Waals surface area contributed by atoms with Crippen LogP contribution >= 0.6 is 35.6 Å². The quantitative estimate of drug-likeness (QED) is 0.376. The highest BCUT2D eigenvalue weighted by molar-refractivity contribution is 8.26. The van der Waals surface area contributed by atoms with Crippen molar-refractivity contribution in [2.75, 3.05) is 0 Å². The van der Waals surface area contributed by atoms with Crippen molar-refractivity contribution in [3.8, 4) is 11.8 Å². The average Bonchev–Trinajstić information content (AvgIpc) is 3.17. The van der Waals surface area contributed by atoms with Gasteiger partial charge in [0.1, 0.15) is 10.1 Å². The third kappa shape index (κ3) is 3.37. The van der Waals surface area contributed by atoms with Crippen molar-refractivity contribution in [1.29, 1.82) is 0 Å². The number of thiocarbonyl (C=S) groups is 1. The smallest absolute Gasteiger partial charge is 0.263 e. The molecule has 4 nitrogen and oxygen atoms in total. The van der Waals surface area contributed by atoms with E-state index in [0.29, 0.717) is 31.2 Å². The molecule has 0 aliphatic carbocycles. The second kappa shape index (κ2) is 6.96. The number of nitrogens with one attached hydrogen (secondary N) is 1. The number of carbonyl (C=O) groups excluding carboxylic acids is 1. The number of hydrogen-bond donors (Lipinski definition) is 1. The number of carbonyl (C=O) groups is 1. The summed E-state index contributed by atoms with van der Waals surface area (Å²) >= 11 is 12.3. The molecule has 2 aromatic heterocycles. The third-order valence-electron chi connectivity index (χ3n) is 3.56. The molecule has 3 heterocycles. The van der Waals surface area contributed by atoms with Crippen molar-refractivity contribution >= 4 is 62.9 Å². The Kier molecular flexibility index (Phi) is 4.51. The van der Waals surface area contributed by atoms with Crippen molar-refractivity contribution < 1.29 is 9.21 Å². The van der Waals surface area contributed by atoms with Crippen LogP contribution in [-0.2, 0) is 4.79 Å². The lowest BCUT2D eigenvalue weighted by Gasteiger charge is -1.94. The van der Waals surface area contributed by atoms with Gasteiger partial charge in [-0.05, 0) is 18.2 Å². The largest absolute Gasteiger partial charge is 0.455 e. The molecule has 1 aliphatic heterocycles. The van der Waals surface area contributed by atoms with Crippen LogP contribution < -0.4 is 5.32 Å². The minimum Gasteiger partial charge on any atom is -0.455 e. The molecule has 7 heteroatoms. The van der Waals surface area contributed by atoms with Crippen molar-refractivity contribution in [2.24, 2.45) is 0 Å². The van der Waals surface area contributed by atoms with Crippen LogP contribution in [0.1, 0.15) is 16.9 Å². The summed E-state index contributed by atoms with van der Waals surface area (Å²) in [7, 11) is 0. The molecule has 0 spiro atoms. The van der Waals surface area contributed by atoms with Gasteiger partial charge in [-0.15, -0.1) is 0 Å². The maximum Gasteiger partial charge on any atom is 0.263 e. The molecule has 26 heavy (non-hydrogen) atoms. The van der Waals surface area contributed by atoms with Gasteiger partial charge in [-0.1, -0.05) is 59.6 Å². The van der Waals surface area contributed by atoms with Gasteiger partial charge in [-0.2, -0.15) is 0 Å². The van der Waals surface area contributed by atoms with Crippen LogP contribution in [0, 0.1) is 11.8 Å². The van der Waals surface area contributed by atoms with Gasteiger partial charge in [0.15, 0.2) is 5.58 Å². The van der Waals surface area contributed by atoms with Crippen molar-refractivity contribution in [3.05, 3.63) is 69.5 Å². The first-order chi connectivity index (χ1) is 12.6. The fourth-order valence-corrected chi connectivity index (χ4v) is 3.60. The summed E-state index contributed by atoms with van der Waals surface area (Å²) in [6, 6.07) is 9.17. The molecule has 1 aliphatic rings. The van der Waals surface area contributed by atoms with Gasteiger partial charge in [-0.25, -0.2) is 0 Å². The number of amides is 1. The van der Waals surface area contributed by atoms with E-state index in [-0.39, 0.29) is 5.91 Å². The highest BCUT2D eigenvalue weighted by Gasteiger charge is 2.22. The Bertz CT molecular complexity index is 1160. The number of benzene rings is 1. The second-order valence-corrected chi connectivity index (χ2v) is 7.46. The summed E-state index contributed by atoms with van der Waals surface area (Å²) < 4.78 is 6.31. The Labute approximate surface area is 163 Å². The lowest BCUT2D eigenvalue weighted by molar-refractivity contribution is -0.115. The zero-order valence-electron chi connectivity index (χ0n) is 13.1. The molecule has 1 amide bonds. The Hall–Kier alpha value is -2.59. The average molecular weight is 397 g/mol. The fourth-order valence-electron chi connectivity index (χ4n) is 2.39. The van der Waals surface area contributed by atoms with E-state index < -0.39 is 0 Å². The van der Waals surface area contributed by atoms with Gasteiger partial charge in [0.25, 0.3) is 5.91 Å². The minimum absolute atomic E-state index is 0.225. The summed E-state index contributed by atoms with van der Waals surface area (Å²) in [6.45, 7) is 0. The molecular formula is C19H9ClN2O2S2. The van der Waals surface area contributed by atoms with Crippen LogP contribution in [-0.4, -0.2) is 15.2 Å². The first-order valence-corrected chi connectivity index (χ1v) is 9.09. The number of fused-ring (bicyclic) bond motifs is 1. The number of pyridine rings is 1. The number of furan rings is 1.